The monoisotopic (exact) mass is 301 g/mol. The normalized spacial score (nSPS) is 23.1. The van der Waals surface area contributed by atoms with Gasteiger partial charge < -0.3 is 5.11 Å². The van der Waals surface area contributed by atoms with Crippen molar-refractivity contribution in [1.29, 1.82) is 0 Å². The second-order valence-electron chi connectivity index (χ2n) is 5.47. The highest BCUT2D eigenvalue weighted by Crippen LogP contribution is 2.30. The van der Waals surface area contributed by atoms with Crippen molar-refractivity contribution in [2.45, 2.75) is 38.0 Å². The van der Waals surface area contributed by atoms with Crippen LogP contribution in [0.1, 0.15) is 42.4 Å². The van der Waals surface area contributed by atoms with E-state index in [1.54, 1.807) is 0 Å². The van der Waals surface area contributed by atoms with Crippen LogP contribution in [0, 0.1) is 18.8 Å². The number of carboxylic acid groups (broad SMARTS) is 1. The summed E-state index contributed by atoms with van der Waals surface area (Å²) in [7, 11) is -3.85. The Labute approximate surface area is 117 Å². The van der Waals surface area contributed by atoms with Gasteiger partial charge in [-0.15, -0.1) is 0 Å². The molecule has 20 heavy (non-hydrogen) atoms. The van der Waals surface area contributed by atoms with E-state index in [-0.39, 0.29) is 10.6 Å². The Morgan fingerprint density at radius 2 is 2.20 bits per heavy atom. The molecule has 1 saturated carbocycles. The number of nitrogens with one attached hydrogen (secondary N) is 2. The predicted octanol–water partition coefficient (Wildman–Crippen LogP) is 1.13. The predicted molar refractivity (Wildman–Crippen MR) is 72.0 cm³/mol. The van der Waals surface area contributed by atoms with E-state index in [0.717, 1.165) is 19.3 Å². The highest BCUT2D eigenvalue weighted by Gasteiger charge is 2.29. The van der Waals surface area contributed by atoms with Crippen LogP contribution in [0.2, 0.25) is 0 Å². The van der Waals surface area contributed by atoms with Crippen LogP contribution < -0.4 is 4.72 Å². The minimum atomic E-state index is -3.85. The number of H-pyrrole nitrogens is 1. The number of nitrogens with zero attached hydrogens (tertiary/aromatic N) is 1. The highest BCUT2D eigenvalue weighted by molar-refractivity contribution is 7.89. The number of aromatic carboxylic acids is 1. The van der Waals surface area contributed by atoms with Gasteiger partial charge >= 0.3 is 5.97 Å². The second-order valence-corrected chi connectivity index (χ2v) is 7.17. The Balaban J connectivity index is 2.14. The van der Waals surface area contributed by atoms with Crippen molar-refractivity contribution in [2.75, 3.05) is 6.54 Å². The first-order valence-corrected chi connectivity index (χ1v) is 8.07. The smallest absolute Gasteiger partial charge is 0.357 e. The average molecular weight is 301 g/mol. The van der Waals surface area contributed by atoms with Crippen LogP contribution in [0.15, 0.2) is 4.90 Å². The van der Waals surface area contributed by atoms with E-state index in [1.807, 2.05) is 0 Å². The molecule has 1 aliphatic rings. The lowest BCUT2D eigenvalue weighted by Crippen LogP contribution is -2.30. The third-order valence-corrected chi connectivity index (χ3v) is 5.31. The summed E-state index contributed by atoms with van der Waals surface area (Å²) in [6.07, 6.45) is 3.11. The summed E-state index contributed by atoms with van der Waals surface area (Å²) >= 11 is 0. The zero-order valence-corrected chi connectivity index (χ0v) is 12.3. The largest absolute Gasteiger partial charge is 0.476 e. The highest BCUT2D eigenvalue weighted by atomic mass is 32.2. The first-order chi connectivity index (χ1) is 9.31. The molecule has 1 aromatic heterocycles. The number of hydrogen-bond donors (Lipinski definition) is 3. The molecule has 1 heterocycles. The van der Waals surface area contributed by atoms with Crippen molar-refractivity contribution in [3.05, 3.63) is 11.4 Å². The minimum Gasteiger partial charge on any atom is -0.476 e. The maximum atomic E-state index is 12.2. The summed E-state index contributed by atoms with van der Waals surface area (Å²) in [4.78, 5) is 10.7. The number of rotatable bonds is 5. The summed E-state index contributed by atoms with van der Waals surface area (Å²) in [6, 6.07) is 0. The summed E-state index contributed by atoms with van der Waals surface area (Å²) in [5, 5.41) is 14.9. The second kappa shape index (κ2) is 5.53. The topological polar surface area (TPSA) is 112 Å². The molecule has 0 amide bonds. The zero-order valence-electron chi connectivity index (χ0n) is 11.5. The Hall–Kier alpha value is -1.41. The maximum Gasteiger partial charge on any atom is 0.357 e. The molecule has 1 aromatic rings. The number of sulfonamides is 1. The van der Waals surface area contributed by atoms with Gasteiger partial charge in [-0.1, -0.05) is 13.3 Å². The lowest BCUT2D eigenvalue weighted by atomic mass is 10.1. The lowest BCUT2D eigenvalue weighted by molar-refractivity contribution is 0.0686. The molecule has 1 fully saturated rings. The van der Waals surface area contributed by atoms with Crippen molar-refractivity contribution >= 4 is 16.0 Å². The Kier molecular flexibility index (Phi) is 4.14. The van der Waals surface area contributed by atoms with Crippen LogP contribution in [-0.4, -0.2) is 36.2 Å². The van der Waals surface area contributed by atoms with Crippen molar-refractivity contribution < 1.29 is 18.3 Å². The summed E-state index contributed by atoms with van der Waals surface area (Å²) in [5.41, 5.74) is -0.232. The van der Waals surface area contributed by atoms with Gasteiger partial charge in [-0.2, -0.15) is 5.10 Å². The van der Waals surface area contributed by atoms with Gasteiger partial charge in [0.1, 0.15) is 4.90 Å². The SMILES string of the molecule is Cc1[nH]nc(C(=O)O)c1S(=O)(=O)NCC1CCC(C)C1. The molecular formula is C12H19N3O4S. The Bertz CT molecular complexity index is 608. The van der Waals surface area contributed by atoms with Crippen molar-refractivity contribution in [2.24, 2.45) is 11.8 Å². The third kappa shape index (κ3) is 3.01. The van der Waals surface area contributed by atoms with E-state index in [2.05, 4.69) is 21.8 Å². The van der Waals surface area contributed by atoms with Crippen molar-refractivity contribution in [3.8, 4) is 0 Å². The number of carbonyl (C=O) groups is 1. The lowest BCUT2D eigenvalue weighted by Gasteiger charge is -2.11. The number of aromatic amines is 1. The third-order valence-electron chi connectivity index (χ3n) is 3.73. The van der Waals surface area contributed by atoms with E-state index in [9.17, 15) is 13.2 Å². The molecule has 0 aromatic carbocycles. The number of carboxylic acids is 1. The zero-order chi connectivity index (χ0) is 14.9. The van der Waals surface area contributed by atoms with Gasteiger partial charge in [-0.3, -0.25) is 5.10 Å². The van der Waals surface area contributed by atoms with Gasteiger partial charge in [0.05, 0.1) is 5.69 Å². The van der Waals surface area contributed by atoms with E-state index in [0.29, 0.717) is 18.4 Å². The average Bonchev–Trinajstić information content (AvgIpc) is 2.93. The molecule has 0 bridgehead atoms. The van der Waals surface area contributed by atoms with Crippen LogP contribution in [0.25, 0.3) is 0 Å². The van der Waals surface area contributed by atoms with E-state index in [1.165, 1.54) is 6.92 Å². The maximum absolute atomic E-state index is 12.2. The van der Waals surface area contributed by atoms with Gasteiger partial charge in [0.25, 0.3) is 0 Å². The number of hydrogen-bond acceptors (Lipinski definition) is 4. The molecule has 2 rings (SSSR count). The first kappa shape index (κ1) is 15.0. The molecule has 112 valence electrons. The molecule has 7 nitrogen and oxygen atoms in total. The fraction of sp³-hybridized carbons (Fsp3) is 0.667. The number of aryl methyl sites for hydroxylation is 1. The van der Waals surface area contributed by atoms with Crippen LogP contribution in [0.3, 0.4) is 0 Å². The van der Waals surface area contributed by atoms with Crippen molar-refractivity contribution in [1.82, 2.24) is 14.9 Å². The molecule has 0 saturated heterocycles. The molecule has 3 N–H and O–H groups in total. The number of aromatic nitrogens is 2. The molecule has 8 heteroatoms. The van der Waals surface area contributed by atoms with Gasteiger partial charge in [0.15, 0.2) is 5.69 Å². The van der Waals surface area contributed by atoms with Gasteiger partial charge in [-0.05, 0) is 31.6 Å². The Morgan fingerprint density at radius 1 is 1.50 bits per heavy atom. The molecule has 2 unspecified atom stereocenters. The minimum absolute atomic E-state index is 0.231. The van der Waals surface area contributed by atoms with Gasteiger partial charge in [0.2, 0.25) is 10.0 Å². The Morgan fingerprint density at radius 3 is 2.75 bits per heavy atom. The quantitative estimate of drug-likeness (QED) is 0.754. The molecule has 2 atom stereocenters. The standard InChI is InChI=1S/C12H19N3O4S/c1-7-3-4-9(5-7)6-13-20(18,19)11-8(2)14-15-10(11)12(16)17/h7,9,13H,3-6H2,1-2H3,(H,14,15)(H,16,17). The van der Waals surface area contributed by atoms with Crippen LogP contribution in [0.4, 0.5) is 0 Å². The molecule has 1 aliphatic carbocycles. The van der Waals surface area contributed by atoms with Crippen LogP contribution in [0.5, 0.6) is 0 Å². The fourth-order valence-electron chi connectivity index (χ4n) is 2.70. The van der Waals surface area contributed by atoms with Crippen LogP contribution >= 0.6 is 0 Å². The molecule has 0 aliphatic heterocycles. The fourth-order valence-corrected chi connectivity index (χ4v) is 4.14. The van der Waals surface area contributed by atoms with E-state index in [4.69, 9.17) is 5.11 Å². The first-order valence-electron chi connectivity index (χ1n) is 6.59. The van der Waals surface area contributed by atoms with E-state index >= 15 is 0 Å². The van der Waals surface area contributed by atoms with Crippen LogP contribution in [-0.2, 0) is 10.0 Å². The van der Waals surface area contributed by atoms with Crippen molar-refractivity contribution in [3.63, 3.8) is 0 Å². The molecule has 0 spiro atoms. The molecular weight excluding hydrogens is 282 g/mol. The molecule has 0 radical (unpaired) electrons. The summed E-state index contributed by atoms with van der Waals surface area (Å²) in [6.45, 7) is 3.99. The van der Waals surface area contributed by atoms with Gasteiger partial charge in [-0.25, -0.2) is 17.9 Å². The van der Waals surface area contributed by atoms with Gasteiger partial charge in [0, 0.05) is 6.54 Å². The van der Waals surface area contributed by atoms with E-state index < -0.39 is 21.7 Å². The summed E-state index contributed by atoms with van der Waals surface area (Å²) in [5.74, 6) is -0.417. The summed E-state index contributed by atoms with van der Waals surface area (Å²) < 4.78 is 27.0.